The van der Waals surface area contributed by atoms with Gasteiger partial charge in [0.1, 0.15) is 4.21 Å². The molecule has 1 amide bonds. The van der Waals surface area contributed by atoms with Crippen LogP contribution in [-0.2, 0) is 23.0 Å². The van der Waals surface area contributed by atoms with E-state index in [4.69, 9.17) is 0 Å². The SMILES string of the molecule is O=C(NC1CCCC1)n1c(-c2ccccc2)cc2c1CN(S(=O)(=O)c1cccs1)CC2. The number of rotatable bonds is 4. The molecule has 5 rings (SSSR count). The summed E-state index contributed by atoms with van der Waals surface area (Å²) in [6.45, 7) is 0.607. The third-order valence-corrected chi connectivity index (χ3v) is 9.41. The summed E-state index contributed by atoms with van der Waals surface area (Å²) in [6.07, 6.45) is 4.84. The summed E-state index contributed by atoms with van der Waals surface area (Å²) in [5.74, 6) is 0. The van der Waals surface area contributed by atoms with E-state index in [1.807, 2.05) is 36.4 Å². The van der Waals surface area contributed by atoms with Gasteiger partial charge < -0.3 is 5.32 Å². The summed E-state index contributed by atoms with van der Waals surface area (Å²) >= 11 is 1.22. The van der Waals surface area contributed by atoms with E-state index in [1.165, 1.54) is 15.6 Å². The topological polar surface area (TPSA) is 71.4 Å². The summed E-state index contributed by atoms with van der Waals surface area (Å²) in [4.78, 5) is 13.4. The van der Waals surface area contributed by atoms with E-state index in [0.717, 1.165) is 48.2 Å². The smallest absolute Gasteiger partial charge is 0.326 e. The van der Waals surface area contributed by atoms with Gasteiger partial charge in [0, 0.05) is 18.3 Å². The van der Waals surface area contributed by atoms with Crippen molar-refractivity contribution in [1.29, 1.82) is 0 Å². The molecule has 2 aromatic heterocycles. The van der Waals surface area contributed by atoms with Gasteiger partial charge in [0.25, 0.3) is 10.0 Å². The van der Waals surface area contributed by atoms with Gasteiger partial charge in [-0.1, -0.05) is 49.2 Å². The van der Waals surface area contributed by atoms with Crippen LogP contribution in [0, 0.1) is 0 Å². The number of carbonyl (C=O) groups is 1. The van der Waals surface area contributed by atoms with Crippen molar-refractivity contribution in [1.82, 2.24) is 14.2 Å². The second-order valence-corrected chi connectivity index (χ2v) is 11.3. The lowest BCUT2D eigenvalue weighted by Crippen LogP contribution is -2.40. The zero-order chi connectivity index (χ0) is 21.4. The number of nitrogens with one attached hydrogen (secondary N) is 1. The Hall–Kier alpha value is -2.42. The van der Waals surface area contributed by atoms with Crippen LogP contribution < -0.4 is 5.32 Å². The molecule has 0 radical (unpaired) electrons. The number of sulfonamides is 1. The molecule has 1 aliphatic heterocycles. The Bertz CT molecular complexity index is 1180. The highest BCUT2D eigenvalue weighted by molar-refractivity contribution is 7.91. The number of hydrogen-bond acceptors (Lipinski definition) is 4. The number of nitrogens with zero attached hydrogens (tertiary/aromatic N) is 2. The first-order valence-corrected chi connectivity index (χ1v) is 13.0. The molecule has 31 heavy (non-hydrogen) atoms. The molecule has 0 atom stereocenters. The summed E-state index contributed by atoms with van der Waals surface area (Å²) in [5.41, 5.74) is 3.57. The molecule has 8 heteroatoms. The van der Waals surface area contributed by atoms with Crippen LogP contribution in [0.1, 0.15) is 36.9 Å². The minimum atomic E-state index is -3.57. The zero-order valence-electron chi connectivity index (χ0n) is 17.2. The minimum absolute atomic E-state index is 0.164. The average molecular weight is 456 g/mol. The molecule has 2 aliphatic rings. The fraction of sp³-hybridized carbons (Fsp3) is 0.348. The fourth-order valence-corrected chi connectivity index (χ4v) is 7.13. The maximum atomic E-state index is 13.4. The van der Waals surface area contributed by atoms with Crippen molar-refractivity contribution in [3.63, 3.8) is 0 Å². The number of thiophene rings is 1. The third-order valence-electron chi connectivity index (χ3n) is 6.19. The van der Waals surface area contributed by atoms with Gasteiger partial charge in [-0.3, -0.25) is 4.57 Å². The van der Waals surface area contributed by atoms with E-state index in [1.54, 1.807) is 22.1 Å². The van der Waals surface area contributed by atoms with Crippen LogP contribution in [0.25, 0.3) is 11.3 Å². The summed E-state index contributed by atoms with van der Waals surface area (Å²) in [6, 6.07) is 15.3. The largest absolute Gasteiger partial charge is 0.335 e. The van der Waals surface area contributed by atoms with E-state index in [9.17, 15) is 13.2 Å². The van der Waals surface area contributed by atoms with Gasteiger partial charge in [-0.25, -0.2) is 13.2 Å². The number of fused-ring (bicyclic) bond motifs is 1. The van der Waals surface area contributed by atoms with Gasteiger partial charge in [-0.2, -0.15) is 4.31 Å². The normalized spacial score (nSPS) is 17.5. The maximum absolute atomic E-state index is 13.4. The molecule has 3 heterocycles. The molecule has 3 aromatic rings. The minimum Gasteiger partial charge on any atom is -0.335 e. The maximum Gasteiger partial charge on any atom is 0.326 e. The zero-order valence-corrected chi connectivity index (χ0v) is 18.8. The van der Waals surface area contributed by atoms with Crippen molar-refractivity contribution in [2.75, 3.05) is 6.54 Å². The molecule has 1 fully saturated rings. The number of hydrogen-bond donors (Lipinski definition) is 1. The van der Waals surface area contributed by atoms with E-state index >= 15 is 0 Å². The van der Waals surface area contributed by atoms with E-state index in [0.29, 0.717) is 17.2 Å². The van der Waals surface area contributed by atoms with Crippen LogP contribution in [0.3, 0.4) is 0 Å². The van der Waals surface area contributed by atoms with Crippen molar-refractivity contribution in [3.8, 4) is 11.3 Å². The lowest BCUT2D eigenvalue weighted by molar-refractivity contribution is 0.237. The first kappa shape index (κ1) is 20.5. The molecule has 1 N–H and O–H groups in total. The second-order valence-electron chi connectivity index (χ2n) is 8.15. The Morgan fingerprint density at radius 1 is 1.06 bits per heavy atom. The van der Waals surface area contributed by atoms with E-state index < -0.39 is 10.0 Å². The number of aromatic nitrogens is 1. The first-order chi connectivity index (χ1) is 15.0. The quantitative estimate of drug-likeness (QED) is 0.631. The van der Waals surface area contributed by atoms with Gasteiger partial charge in [0.15, 0.2) is 0 Å². The van der Waals surface area contributed by atoms with Gasteiger partial charge in [0.2, 0.25) is 0 Å². The van der Waals surface area contributed by atoms with Crippen LogP contribution in [0.2, 0.25) is 0 Å². The average Bonchev–Trinajstić information content (AvgIpc) is 3.54. The molecule has 1 aromatic carbocycles. The second kappa shape index (κ2) is 8.26. The van der Waals surface area contributed by atoms with Crippen molar-refractivity contribution < 1.29 is 13.2 Å². The van der Waals surface area contributed by atoms with Crippen LogP contribution in [0.15, 0.2) is 58.1 Å². The highest BCUT2D eigenvalue weighted by Crippen LogP contribution is 2.33. The van der Waals surface area contributed by atoms with Gasteiger partial charge in [-0.15, -0.1) is 11.3 Å². The monoisotopic (exact) mass is 455 g/mol. The third kappa shape index (κ3) is 3.84. The molecular weight excluding hydrogens is 430 g/mol. The Morgan fingerprint density at radius 2 is 1.84 bits per heavy atom. The highest BCUT2D eigenvalue weighted by atomic mass is 32.2. The van der Waals surface area contributed by atoms with Crippen molar-refractivity contribution >= 4 is 27.4 Å². The summed E-state index contributed by atoms with van der Waals surface area (Å²) in [7, 11) is -3.57. The fourth-order valence-electron chi connectivity index (χ4n) is 4.59. The number of amides is 1. The summed E-state index contributed by atoms with van der Waals surface area (Å²) < 4.78 is 29.8. The molecule has 1 saturated carbocycles. The Labute approximate surface area is 186 Å². The Balaban J connectivity index is 1.54. The Morgan fingerprint density at radius 3 is 2.55 bits per heavy atom. The Kier molecular flexibility index (Phi) is 5.45. The van der Waals surface area contributed by atoms with Crippen molar-refractivity contribution in [3.05, 3.63) is 65.2 Å². The molecule has 0 bridgehead atoms. The van der Waals surface area contributed by atoms with E-state index in [2.05, 4.69) is 5.32 Å². The first-order valence-electron chi connectivity index (χ1n) is 10.7. The van der Waals surface area contributed by atoms with Crippen LogP contribution in [-0.4, -0.2) is 35.9 Å². The molecule has 6 nitrogen and oxygen atoms in total. The van der Waals surface area contributed by atoms with Gasteiger partial charge in [0.05, 0.1) is 12.2 Å². The number of carbonyl (C=O) groups excluding carboxylic acids is 1. The molecule has 162 valence electrons. The molecule has 0 unspecified atom stereocenters. The molecule has 1 aliphatic carbocycles. The standard InChI is InChI=1S/C23H25N3O3S2/c27-23(24-19-9-4-5-10-19)26-20(17-7-2-1-3-8-17)15-18-12-13-25(16-21(18)26)31(28,29)22-11-6-14-30-22/h1-3,6-8,11,14-15,19H,4-5,9-10,12-13,16H2,(H,24,27). The van der Waals surface area contributed by atoms with Crippen molar-refractivity contribution in [2.45, 2.75) is 48.9 Å². The highest BCUT2D eigenvalue weighted by Gasteiger charge is 2.33. The van der Waals surface area contributed by atoms with Gasteiger partial charge >= 0.3 is 6.03 Å². The lowest BCUT2D eigenvalue weighted by Gasteiger charge is -2.27. The summed E-state index contributed by atoms with van der Waals surface area (Å²) in [5, 5.41) is 4.95. The van der Waals surface area contributed by atoms with Crippen LogP contribution in [0.5, 0.6) is 0 Å². The molecule has 0 spiro atoms. The molecular formula is C23H25N3O3S2. The molecule has 0 saturated heterocycles. The van der Waals surface area contributed by atoms with Crippen LogP contribution in [0.4, 0.5) is 4.79 Å². The van der Waals surface area contributed by atoms with Crippen molar-refractivity contribution in [2.24, 2.45) is 0 Å². The lowest BCUT2D eigenvalue weighted by atomic mass is 10.1. The van der Waals surface area contributed by atoms with Gasteiger partial charge in [-0.05, 0) is 47.9 Å². The van der Waals surface area contributed by atoms with Crippen LogP contribution >= 0.6 is 11.3 Å². The predicted molar refractivity (Wildman–Crippen MR) is 122 cm³/mol. The van der Waals surface area contributed by atoms with E-state index in [-0.39, 0.29) is 18.6 Å². The predicted octanol–water partition coefficient (Wildman–Crippen LogP) is 4.46. The number of benzene rings is 1.